The summed E-state index contributed by atoms with van der Waals surface area (Å²) in [6.45, 7) is 11.0. The average molecular weight is 548 g/mol. The highest BCUT2D eigenvalue weighted by atomic mass is 16.6. The molecule has 1 saturated heterocycles. The van der Waals surface area contributed by atoms with Crippen LogP contribution in [0.4, 0.5) is 0 Å². The van der Waals surface area contributed by atoms with Crippen molar-refractivity contribution in [2.24, 2.45) is 34.3 Å². The molecule has 1 aliphatic heterocycles. The van der Waals surface area contributed by atoms with Gasteiger partial charge in [0.05, 0.1) is 43.2 Å². The molecule has 0 spiro atoms. The Bertz CT molecular complexity index is 1110. The molecule has 0 aromatic carbocycles. The van der Waals surface area contributed by atoms with E-state index in [1.54, 1.807) is 13.0 Å². The van der Waals surface area contributed by atoms with Gasteiger partial charge >= 0.3 is 17.9 Å². The van der Waals surface area contributed by atoms with E-state index in [-0.39, 0.29) is 18.2 Å². The van der Waals surface area contributed by atoms with Crippen molar-refractivity contribution in [3.05, 3.63) is 24.2 Å². The summed E-state index contributed by atoms with van der Waals surface area (Å²) >= 11 is 0. The number of hydrogen-bond donors (Lipinski definition) is 1. The molecule has 9 atom stereocenters. The van der Waals surface area contributed by atoms with E-state index in [1.165, 1.54) is 19.6 Å². The van der Waals surface area contributed by atoms with Crippen molar-refractivity contribution in [1.82, 2.24) is 0 Å². The van der Waals surface area contributed by atoms with Crippen molar-refractivity contribution in [2.45, 2.75) is 97.2 Å². The van der Waals surface area contributed by atoms with E-state index < -0.39 is 70.5 Å². The van der Waals surface area contributed by atoms with Crippen molar-refractivity contribution in [3.63, 3.8) is 0 Å². The van der Waals surface area contributed by atoms with Crippen molar-refractivity contribution < 1.29 is 42.5 Å². The standard InChI is InChI=1S/C29H41NO9/c1-15(39-27(2,3)4)21(30)26(34)37-19-12-18(24(32)35-7)28(5)10-8-17-25(33)38-20(16-9-11-36-14-16)13-29(17,6)23(28)22(19)31/h9,11,14-15,17-21,23H,8,10,12-13,30H2,1-7H3/t15-,17-,18-,19-,20-,21-,23-,28-,29-/m0/s1. The predicted molar refractivity (Wildman–Crippen MR) is 138 cm³/mol. The molecular weight excluding hydrogens is 506 g/mol. The molecule has 39 heavy (non-hydrogen) atoms. The van der Waals surface area contributed by atoms with Crippen molar-refractivity contribution >= 4 is 23.7 Å². The second-order valence-electron chi connectivity index (χ2n) is 12.8. The third-order valence-electron chi connectivity index (χ3n) is 9.08. The number of nitrogens with two attached hydrogens (primary N) is 1. The van der Waals surface area contributed by atoms with Crippen LogP contribution in [0.2, 0.25) is 0 Å². The van der Waals surface area contributed by atoms with Crippen LogP contribution in [0.25, 0.3) is 0 Å². The van der Waals surface area contributed by atoms with Crippen LogP contribution in [0.5, 0.6) is 0 Å². The lowest BCUT2D eigenvalue weighted by Gasteiger charge is -2.61. The van der Waals surface area contributed by atoms with Crippen LogP contribution in [-0.4, -0.2) is 54.7 Å². The normalized spacial score (nSPS) is 36.2. The van der Waals surface area contributed by atoms with E-state index in [1.807, 2.05) is 34.6 Å². The van der Waals surface area contributed by atoms with Gasteiger partial charge in [-0.15, -0.1) is 0 Å². The average Bonchev–Trinajstić information content (AvgIpc) is 3.38. The molecule has 4 rings (SSSR count). The summed E-state index contributed by atoms with van der Waals surface area (Å²) in [6.07, 6.45) is 1.81. The van der Waals surface area contributed by atoms with Crippen LogP contribution in [0.15, 0.2) is 23.0 Å². The maximum Gasteiger partial charge on any atom is 0.326 e. The lowest BCUT2D eigenvalue weighted by atomic mass is 9.43. The molecule has 2 aliphatic carbocycles. The van der Waals surface area contributed by atoms with E-state index in [9.17, 15) is 19.2 Å². The highest BCUT2D eigenvalue weighted by molar-refractivity contribution is 5.93. The molecule has 3 fully saturated rings. The molecule has 10 nitrogen and oxygen atoms in total. The van der Waals surface area contributed by atoms with E-state index in [0.717, 1.165) is 0 Å². The predicted octanol–water partition coefficient (Wildman–Crippen LogP) is 3.51. The summed E-state index contributed by atoms with van der Waals surface area (Å²) in [7, 11) is 1.31. The fourth-order valence-electron chi connectivity index (χ4n) is 7.30. The molecule has 1 aromatic rings. The molecule has 1 aromatic heterocycles. The second kappa shape index (κ2) is 10.4. The number of esters is 3. The maximum absolute atomic E-state index is 14.3. The summed E-state index contributed by atoms with van der Waals surface area (Å²) in [5, 5.41) is 0. The van der Waals surface area contributed by atoms with Crippen molar-refractivity contribution in [3.8, 4) is 0 Å². The highest BCUT2D eigenvalue weighted by Gasteiger charge is 2.68. The van der Waals surface area contributed by atoms with Crippen molar-refractivity contribution in [1.29, 1.82) is 0 Å². The minimum Gasteiger partial charge on any atom is -0.472 e. The fourth-order valence-corrected chi connectivity index (χ4v) is 7.30. The quantitative estimate of drug-likeness (QED) is 0.415. The SMILES string of the molecule is COC(=O)[C@@H]1C[C@H](OC(=O)[C@@H](N)[C@H](C)OC(C)(C)C)C(=O)[C@H]2[C@@]1(C)CC[C@H]1C(=O)O[C@H](c3ccoc3)C[C@]21C. The van der Waals surface area contributed by atoms with Crippen LogP contribution in [-0.2, 0) is 38.1 Å². The fraction of sp³-hybridized carbons (Fsp3) is 0.724. The van der Waals surface area contributed by atoms with E-state index >= 15 is 0 Å². The Balaban J connectivity index is 1.68. The van der Waals surface area contributed by atoms with E-state index in [4.69, 9.17) is 29.1 Å². The Kier molecular flexibility index (Phi) is 7.77. The van der Waals surface area contributed by atoms with E-state index in [0.29, 0.717) is 24.8 Å². The summed E-state index contributed by atoms with van der Waals surface area (Å²) in [4.78, 5) is 53.8. The molecule has 10 heteroatoms. The van der Waals surface area contributed by atoms with Gasteiger partial charge in [-0.05, 0) is 63.9 Å². The smallest absolute Gasteiger partial charge is 0.326 e. The number of carbonyl (C=O) groups is 4. The minimum atomic E-state index is -1.21. The highest BCUT2D eigenvalue weighted by Crippen LogP contribution is 2.65. The number of cyclic esters (lactones) is 1. The van der Waals surface area contributed by atoms with Crippen molar-refractivity contribution in [2.75, 3.05) is 7.11 Å². The van der Waals surface area contributed by atoms with Crippen LogP contribution in [0, 0.1) is 28.6 Å². The van der Waals surface area contributed by atoms with Gasteiger partial charge in [-0.2, -0.15) is 0 Å². The lowest BCUT2D eigenvalue weighted by Crippen LogP contribution is -2.65. The van der Waals surface area contributed by atoms with Gasteiger partial charge in [0.2, 0.25) is 0 Å². The van der Waals surface area contributed by atoms with Gasteiger partial charge in [-0.25, -0.2) is 0 Å². The first-order valence-corrected chi connectivity index (χ1v) is 13.6. The van der Waals surface area contributed by atoms with E-state index in [2.05, 4.69) is 0 Å². The number of Topliss-reactive ketones (excluding diaryl/α,β-unsaturated/α-hetero) is 1. The zero-order valence-electron chi connectivity index (χ0n) is 23.9. The molecular formula is C29H41NO9. The van der Waals surface area contributed by atoms with Gasteiger partial charge in [0.15, 0.2) is 11.9 Å². The molecule has 216 valence electrons. The Morgan fingerprint density at radius 2 is 1.87 bits per heavy atom. The summed E-state index contributed by atoms with van der Waals surface area (Å²) in [5.74, 6) is -3.97. The molecule has 2 heterocycles. The first-order valence-electron chi connectivity index (χ1n) is 13.6. The molecule has 0 amide bonds. The summed E-state index contributed by atoms with van der Waals surface area (Å²) in [5.41, 5.74) is 4.66. The topological polar surface area (TPSA) is 144 Å². The van der Waals surface area contributed by atoms with Gasteiger partial charge in [-0.1, -0.05) is 13.8 Å². The number of fused-ring (bicyclic) bond motifs is 3. The number of furan rings is 1. The third-order valence-corrected chi connectivity index (χ3v) is 9.08. The number of carbonyl (C=O) groups excluding carboxylic acids is 4. The number of hydrogen-bond acceptors (Lipinski definition) is 10. The summed E-state index contributed by atoms with van der Waals surface area (Å²) < 4.78 is 27.7. The molecule has 0 unspecified atom stereocenters. The van der Waals surface area contributed by atoms with Crippen LogP contribution < -0.4 is 5.73 Å². The Morgan fingerprint density at radius 1 is 1.18 bits per heavy atom. The molecule has 0 radical (unpaired) electrons. The molecule has 2 N–H and O–H groups in total. The van der Waals surface area contributed by atoms with Crippen LogP contribution >= 0.6 is 0 Å². The summed E-state index contributed by atoms with van der Waals surface area (Å²) in [6, 6.07) is 0.600. The van der Waals surface area contributed by atoms with Gasteiger partial charge < -0.3 is 29.1 Å². The Labute approximate surface area is 229 Å². The maximum atomic E-state index is 14.3. The number of ether oxygens (including phenoxy) is 4. The second-order valence-corrected chi connectivity index (χ2v) is 12.8. The molecule has 2 saturated carbocycles. The van der Waals surface area contributed by atoms with Gasteiger partial charge in [0.25, 0.3) is 0 Å². The zero-order valence-corrected chi connectivity index (χ0v) is 23.9. The minimum absolute atomic E-state index is 0.0121. The molecule has 3 aliphatic rings. The van der Waals surface area contributed by atoms with Crippen LogP contribution in [0.3, 0.4) is 0 Å². The molecule has 0 bridgehead atoms. The Hall–Kier alpha value is -2.72. The van der Waals surface area contributed by atoms with Gasteiger partial charge in [0.1, 0.15) is 12.1 Å². The first kappa shape index (κ1) is 29.3. The van der Waals surface area contributed by atoms with Crippen LogP contribution in [0.1, 0.15) is 78.9 Å². The van der Waals surface area contributed by atoms with Gasteiger partial charge in [0, 0.05) is 17.9 Å². The number of ketones is 1. The zero-order chi connectivity index (χ0) is 28.9. The number of methoxy groups -OCH3 is 1. The monoisotopic (exact) mass is 547 g/mol. The number of rotatable bonds is 6. The third kappa shape index (κ3) is 5.25. The largest absolute Gasteiger partial charge is 0.472 e. The Morgan fingerprint density at radius 3 is 2.46 bits per heavy atom. The lowest BCUT2D eigenvalue weighted by molar-refractivity contribution is -0.211. The van der Waals surface area contributed by atoms with Gasteiger partial charge in [-0.3, -0.25) is 19.2 Å². The first-order chi connectivity index (χ1) is 18.1.